The number of carbonyl (C=O) groups excluding carboxylic acids is 1. The molecule has 0 aromatic carbocycles. The largest absolute Gasteiger partial charge is 0.361 e. The van der Waals surface area contributed by atoms with Crippen LogP contribution < -0.4 is 0 Å². The van der Waals surface area contributed by atoms with Gasteiger partial charge in [0.2, 0.25) is 0 Å². The van der Waals surface area contributed by atoms with E-state index in [4.69, 9.17) is 9.51 Å². The predicted molar refractivity (Wildman–Crippen MR) is 97.1 cm³/mol. The highest BCUT2D eigenvalue weighted by atomic mass is 16.5. The normalized spacial score (nSPS) is 17.8. The zero-order chi connectivity index (χ0) is 18.4. The SMILES string of the molecule is Cc1noc(C)c1C(=O)N1CCC[C@@H](c2ccc3c(C)nn(C)c3n2)C1. The van der Waals surface area contributed by atoms with Crippen LogP contribution in [0.25, 0.3) is 11.0 Å². The summed E-state index contributed by atoms with van der Waals surface area (Å²) in [5.41, 5.74) is 4.15. The molecule has 4 rings (SSSR count). The van der Waals surface area contributed by atoms with E-state index in [2.05, 4.69) is 22.4 Å². The molecule has 0 saturated carbocycles. The summed E-state index contributed by atoms with van der Waals surface area (Å²) >= 11 is 0. The molecule has 3 aromatic rings. The van der Waals surface area contributed by atoms with E-state index in [-0.39, 0.29) is 11.8 Å². The van der Waals surface area contributed by atoms with E-state index in [1.807, 2.05) is 30.5 Å². The van der Waals surface area contributed by atoms with Crippen molar-refractivity contribution in [2.75, 3.05) is 13.1 Å². The number of hydrogen-bond acceptors (Lipinski definition) is 5. The molecule has 7 heteroatoms. The van der Waals surface area contributed by atoms with E-state index in [1.54, 1.807) is 6.92 Å². The standard InChI is InChI=1S/C19H23N5O2/c1-11-15-7-8-16(20-18(15)23(4)21-11)14-6-5-9-24(10-14)19(25)17-12(2)22-26-13(17)3/h7-8,14H,5-6,9-10H2,1-4H3/t14-/m1/s1. The lowest BCUT2D eigenvalue weighted by Crippen LogP contribution is -2.39. The van der Waals surface area contributed by atoms with Crippen LogP contribution in [0.2, 0.25) is 0 Å². The quantitative estimate of drug-likeness (QED) is 0.708. The van der Waals surface area contributed by atoms with Crippen molar-refractivity contribution in [3.63, 3.8) is 0 Å². The Bertz CT molecular complexity index is 968. The van der Waals surface area contributed by atoms with E-state index in [0.717, 1.165) is 41.8 Å². The number of aryl methyl sites for hydroxylation is 4. The number of fused-ring (bicyclic) bond motifs is 1. The van der Waals surface area contributed by atoms with E-state index in [9.17, 15) is 4.79 Å². The molecule has 26 heavy (non-hydrogen) atoms. The fourth-order valence-corrected chi connectivity index (χ4v) is 3.90. The molecule has 4 heterocycles. The lowest BCUT2D eigenvalue weighted by molar-refractivity contribution is 0.0703. The monoisotopic (exact) mass is 353 g/mol. The summed E-state index contributed by atoms with van der Waals surface area (Å²) < 4.78 is 6.99. The molecule has 0 aliphatic carbocycles. The molecular formula is C19H23N5O2. The number of hydrogen-bond donors (Lipinski definition) is 0. The first-order chi connectivity index (χ1) is 12.5. The van der Waals surface area contributed by atoms with Gasteiger partial charge in [0.25, 0.3) is 5.91 Å². The summed E-state index contributed by atoms with van der Waals surface area (Å²) in [4.78, 5) is 19.7. The topological polar surface area (TPSA) is 77.0 Å². The van der Waals surface area contributed by atoms with Crippen LogP contribution in [0.5, 0.6) is 0 Å². The molecule has 3 aromatic heterocycles. The molecule has 1 aliphatic rings. The van der Waals surface area contributed by atoms with Crippen LogP contribution >= 0.6 is 0 Å². The highest BCUT2D eigenvalue weighted by molar-refractivity contribution is 5.96. The second kappa shape index (κ2) is 6.23. The minimum absolute atomic E-state index is 0.00315. The molecule has 0 N–H and O–H groups in total. The summed E-state index contributed by atoms with van der Waals surface area (Å²) in [5, 5.41) is 9.44. The average molecular weight is 353 g/mol. The second-order valence-corrected chi connectivity index (χ2v) is 7.11. The smallest absolute Gasteiger partial charge is 0.259 e. The van der Waals surface area contributed by atoms with Gasteiger partial charge in [0, 0.05) is 37.1 Å². The maximum Gasteiger partial charge on any atom is 0.259 e. The molecule has 136 valence electrons. The number of pyridine rings is 1. The molecule has 0 spiro atoms. The number of rotatable bonds is 2. The molecule has 0 radical (unpaired) electrons. The van der Waals surface area contributed by atoms with Crippen LogP contribution in [0.15, 0.2) is 16.7 Å². The first kappa shape index (κ1) is 16.8. The zero-order valence-corrected chi connectivity index (χ0v) is 15.6. The third-order valence-electron chi connectivity index (χ3n) is 5.27. The molecule has 7 nitrogen and oxygen atoms in total. The number of nitrogens with zero attached hydrogens (tertiary/aromatic N) is 5. The van der Waals surface area contributed by atoms with Crippen molar-refractivity contribution >= 4 is 16.9 Å². The average Bonchev–Trinajstić information content (AvgIpc) is 3.13. The van der Waals surface area contributed by atoms with Gasteiger partial charge in [-0.2, -0.15) is 5.10 Å². The Morgan fingerprint density at radius 1 is 1.23 bits per heavy atom. The van der Waals surface area contributed by atoms with Gasteiger partial charge in [0.1, 0.15) is 11.3 Å². The maximum atomic E-state index is 12.9. The third kappa shape index (κ3) is 2.67. The molecular weight excluding hydrogens is 330 g/mol. The van der Waals surface area contributed by atoms with Crippen molar-refractivity contribution in [2.45, 2.75) is 39.5 Å². The molecule has 1 aliphatic heterocycles. The minimum atomic E-state index is 0.00315. The molecule has 1 fully saturated rings. The molecule has 1 amide bonds. The Kier molecular flexibility index (Phi) is 4.01. The number of aromatic nitrogens is 4. The molecule has 1 saturated heterocycles. The summed E-state index contributed by atoms with van der Waals surface area (Å²) in [7, 11) is 1.92. The number of likely N-dealkylation sites (tertiary alicyclic amines) is 1. The van der Waals surface area contributed by atoms with Crippen LogP contribution in [0.4, 0.5) is 0 Å². The van der Waals surface area contributed by atoms with E-state index in [0.29, 0.717) is 23.6 Å². The van der Waals surface area contributed by atoms with E-state index < -0.39 is 0 Å². The van der Waals surface area contributed by atoms with Crippen molar-refractivity contribution in [3.05, 3.63) is 40.5 Å². The van der Waals surface area contributed by atoms with Gasteiger partial charge in [-0.15, -0.1) is 0 Å². The lowest BCUT2D eigenvalue weighted by atomic mass is 9.93. The Balaban J connectivity index is 1.61. The zero-order valence-electron chi connectivity index (χ0n) is 15.6. The van der Waals surface area contributed by atoms with Crippen molar-refractivity contribution in [3.8, 4) is 0 Å². The first-order valence-electron chi connectivity index (χ1n) is 8.98. The summed E-state index contributed by atoms with van der Waals surface area (Å²) in [6, 6.07) is 4.17. The minimum Gasteiger partial charge on any atom is -0.361 e. The van der Waals surface area contributed by atoms with Gasteiger partial charge in [-0.3, -0.25) is 9.48 Å². The van der Waals surface area contributed by atoms with Gasteiger partial charge in [0.15, 0.2) is 5.65 Å². The summed E-state index contributed by atoms with van der Waals surface area (Å²) in [6.07, 6.45) is 1.99. The van der Waals surface area contributed by atoms with Gasteiger partial charge in [-0.25, -0.2) is 4.98 Å². The van der Waals surface area contributed by atoms with Gasteiger partial charge >= 0.3 is 0 Å². The highest BCUT2D eigenvalue weighted by Gasteiger charge is 2.29. The van der Waals surface area contributed by atoms with Gasteiger partial charge in [0.05, 0.1) is 11.4 Å². The fourth-order valence-electron chi connectivity index (χ4n) is 3.90. The van der Waals surface area contributed by atoms with Crippen molar-refractivity contribution in [1.29, 1.82) is 0 Å². The molecule has 1 atom stereocenters. The third-order valence-corrected chi connectivity index (χ3v) is 5.27. The lowest BCUT2D eigenvalue weighted by Gasteiger charge is -2.32. The number of piperidine rings is 1. The van der Waals surface area contributed by atoms with Crippen molar-refractivity contribution in [1.82, 2.24) is 24.8 Å². The van der Waals surface area contributed by atoms with Gasteiger partial charge in [-0.05, 0) is 45.7 Å². The fraction of sp³-hybridized carbons (Fsp3) is 0.474. The van der Waals surface area contributed by atoms with Gasteiger partial charge < -0.3 is 9.42 Å². The van der Waals surface area contributed by atoms with E-state index >= 15 is 0 Å². The Morgan fingerprint density at radius 2 is 2.04 bits per heavy atom. The van der Waals surface area contributed by atoms with Gasteiger partial charge in [-0.1, -0.05) is 5.16 Å². The van der Waals surface area contributed by atoms with Crippen LogP contribution in [0.1, 0.15) is 52.0 Å². The van der Waals surface area contributed by atoms with Crippen molar-refractivity contribution < 1.29 is 9.32 Å². The van der Waals surface area contributed by atoms with E-state index in [1.165, 1.54) is 0 Å². The highest BCUT2D eigenvalue weighted by Crippen LogP contribution is 2.29. The Labute approximate surface area is 152 Å². The Hall–Kier alpha value is -2.70. The van der Waals surface area contributed by atoms with Crippen LogP contribution in [-0.4, -0.2) is 43.8 Å². The summed E-state index contributed by atoms with van der Waals surface area (Å²) in [5.74, 6) is 0.815. The Morgan fingerprint density at radius 3 is 2.77 bits per heavy atom. The molecule has 0 unspecified atom stereocenters. The van der Waals surface area contributed by atoms with Crippen LogP contribution in [0.3, 0.4) is 0 Å². The van der Waals surface area contributed by atoms with Crippen molar-refractivity contribution in [2.24, 2.45) is 7.05 Å². The van der Waals surface area contributed by atoms with Crippen LogP contribution in [-0.2, 0) is 7.05 Å². The predicted octanol–water partition coefficient (Wildman–Crippen LogP) is 2.90. The molecule has 0 bridgehead atoms. The van der Waals surface area contributed by atoms with Crippen LogP contribution in [0, 0.1) is 20.8 Å². The number of amides is 1. The maximum absolute atomic E-state index is 12.9. The first-order valence-corrected chi connectivity index (χ1v) is 8.98. The second-order valence-electron chi connectivity index (χ2n) is 7.11. The summed E-state index contributed by atoms with van der Waals surface area (Å²) in [6.45, 7) is 7.01. The number of carbonyl (C=O) groups is 1.